The number of para-hydroxylation sites is 1. The predicted octanol–water partition coefficient (Wildman–Crippen LogP) is 2.93. The van der Waals surface area contributed by atoms with Gasteiger partial charge in [-0.05, 0) is 30.3 Å². The zero-order chi connectivity index (χ0) is 16.0. The molecule has 23 heavy (non-hydrogen) atoms. The Hall–Kier alpha value is -3.18. The van der Waals surface area contributed by atoms with Crippen LogP contribution < -0.4 is 16.2 Å². The molecule has 0 bridgehead atoms. The number of carbonyl (C=O) groups is 2. The van der Waals surface area contributed by atoms with Crippen molar-refractivity contribution < 1.29 is 9.59 Å². The molecule has 0 aliphatic carbocycles. The Bertz CT molecular complexity index is 929. The Morgan fingerprint density at radius 2 is 1.48 bits per heavy atom. The van der Waals surface area contributed by atoms with Crippen molar-refractivity contribution in [2.45, 2.75) is 0 Å². The van der Waals surface area contributed by atoms with Crippen LogP contribution in [0.25, 0.3) is 10.8 Å². The molecule has 5 heteroatoms. The van der Waals surface area contributed by atoms with E-state index in [1.54, 1.807) is 48.5 Å². The Morgan fingerprint density at radius 1 is 0.783 bits per heavy atom. The summed E-state index contributed by atoms with van der Waals surface area (Å²) < 4.78 is 0. The van der Waals surface area contributed by atoms with E-state index in [9.17, 15) is 9.59 Å². The zero-order valence-electron chi connectivity index (χ0n) is 12.1. The maximum Gasteiger partial charge on any atom is 0.265 e. The number of nitrogens with zero attached hydrogens (tertiary/aromatic N) is 1. The first-order valence-corrected chi connectivity index (χ1v) is 7.18. The van der Waals surface area contributed by atoms with E-state index in [2.05, 4.69) is 5.43 Å². The van der Waals surface area contributed by atoms with Crippen LogP contribution in [0, 0.1) is 0 Å². The topological polar surface area (TPSA) is 75.4 Å². The number of rotatable bonds is 2. The highest BCUT2D eigenvalue weighted by Gasteiger charge is 2.34. The van der Waals surface area contributed by atoms with Crippen molar-refractivity contribution in [3.05, 3.63) is 71.8 Å². The summed E-state index contributed by atoms with van der Waals surface area (Å²) in [7, 11) is 0. The molecule has 112 valence electrons. The molecule has 0 saturated carbocycles. The molecular formula is C18H13N3O2. The third-order valence-corrected chi connectivity index (χ3v) is 4.08. The molecule has 0 unspecified atom stereocenters. The van der Waals surface area contributed by atoms with Gasteiger partial charge in [0.25, 0.3) is 11.8 Å². The van der Waals surface area contributed by atoms with Crippen LogP contribution in [0.4, 0.5) is 11.4 Å². The second-order valence-electron chi connectivity index (χ2n) is 5.31. The average molecular weight is 303 g/mol. The molecule has 1 heterocycles. The van der Waals surface area contributed by atoms with Gasteiger partial charge < -0.3 is 5.43 Å². The lowest BCUT2D eigenvalue weighted by Crippen LogP contribution is -2.40. The summed E-state index contributed by atoms with van der Waals surface area (Å²) in [5.74, 6) is 4.88. The molecule has 5 nitrogen and oxygen atoms in total. The number of benzene rings is 3. The van der Waals surface area contributed by atoms with Gasteiger partial charge in [-0.25, -0.2) is 4.90 Å². The van der Waals surface area contributed by atoms with Crippen molar-refractivity contribution in [1.29, 1.82) is 0 Å². The monoisotopic (exact) mass is 303 g/mol. The summed E-state index contributed by atoms with van der Waals surface area (Å²) in [5, 5.41) is 1.40. The fourth-order valence-electron chi connectivity index (χ4n) is 3.03. The first-order valence-electron chi connectivity index (χ1n) is 7.18. The summed E-state index contributed by atoms with van der Waals surface area (Å²) in [6.45, 7) is 0. The van der Waals surface area contributed by atoms with Crippen molar-refractivity contribution in [3.8, 4) is 0 Å². The molecule has 3 aromatic rings. The van der Waals surface area contributed by atoms with Crippen LogP contribution >= 0.6 is 0 Å². The standard InChI is InChI=1S/C18H13N3O2/c19-20-15-10-9-14-16-12(15)7-4-8-13(16)17(22)21(18(14)23)11-5-2-1-3-6-11/h1-10,20H,19H2. The normalized spacial score (nSPS) is 13.5. The van der Waals surface area contributed by atoms with Gasteiger partial charge in [-0.3, -0.25) is 15.4 Å². The van der Waals surface area contributed by atoms with Crippen LogP contribution in [0.1, 0.15) is 20.7 Å². The lowest BCUT2D eigenvalue weighted by molar-refractivity contribution is 0.0893. The lowest BCUT2D eigenvalue weighted by Gasteiger charge is -2.27. The third-order valence-electron chi connectivity index (χ3n) is 4.08. The van der Waals surface area contributed by atoms with E-state index < -0.39 is 0 Å². The minimum Gasteiger partial charge on any atom is -0.324 e. The Kier molecular flexibility index (Phi) is 2.89. The Morgan fingerprint density at radius 3 is 2.17 bits per heavy atom. The summed E-state index contributed by atoms with van der Waals surface area (Å²) >= 11 is 0. The molecule has 3 N–H and O–H groups in total. The molecule has 0 fully saturated rings. The molecular weight excluding hydrogens is 290 g/mol. The molecule has 1 aliphatic rings. The SMILES string of the molecule is NNc1ccc2c3c(cccc13)C(=O)N(c1ccccc1)C2=O. The van der Waals surface area contributed by atoms with Crippen molar-refractivity contribution >= 4 is 34.0 Å². The van der Waals surface area contributed by atoms with Gasteiger partial charge in [0.15, 0.2) is 0 Å². The van der Waals surface area contributed by atoms with Gasteiger partial charge in [0.05, 0.1) is 11.4 Å². The van der Waals surface area contributed by atoms with E-state index in [4.69, 9.17) is 5.84 Å². The number of amides is 2. The summed E-state index contributed by atoms with van der Waals surface area (Å²) in [6, 6.07) is 17.8. The first kappa shape index (κ1) is 13.5. The maximum atomic E-state index is 12.9. The fourth-order valence-corrected chi connectivity index (χ4v) is 3.03. The van der Waals surface area contributed by atoms with Crippen LogP contribution in [0.2, 0.25) is 0 Å². The third kappa shape index (κ3) is 1.84. The van der Waals surface area contributed by atoms with Crippen molar-refractivity contribution in [1.82, 2.24) is 0 Å². The number of nitrogens with one attached hydrogen (secondary N) is 1. The lowest BCUT2D eigenvalue weighted by atomic mass is 9.93. The molecule has 0 radical (unpaired) electrons. The van der Waals surface area contributed by atoms with E-state index in [0.29, 0.717) is 27.9 Å². The number of hydrogen-bond donors (Lipinski definition) is 2. The van der Waals surface area contributed by atoms with E-state index in [1.165, 1.54) is 4.90 Å². The largest absolute Gasteiger partial charge is 0.324 e. The molecule has 4 rings (SSSR count). The summed E-state index contributed by atoms with van der Waals surface area (Å²) in [4.78, 5) is 26.9. The number of carbonyl (C=O) groups excluding carboxylic acids is 2. The van der Waals surface area contributed by atoms with Crippen LogP contribution in [0.5, 0.6) is 0 Å². The van der Waals surface area contributed by atoms with Gasteiger partial charge in [-0.1, -0.05) is 30.3 Å². The number of nitrogen functional groups attached to an aromatic ring is 1. The van der Waals surface area contributed by atoms with Crippen molar-refractivity contribution in [2.24, 2.45) is 5.84 Å². The number of nitrogens with two attached hydrogens (primary N) is 1. The summed E-state index contributed by atoms with van der Waals surface area (Å²) in [5.41, 5.74) is 4.85. The van der Waals surface area contributed by atoms with E-state index >= 15 is 0 Å². The zero-order valence-corrected chi connectivity index (χ0v) is 12.1. The minimum atomic E-state index is -0.325. The van der Waals surface area contributed by atoms with Gasteiger partial charge >= 0.3 is 0 Å². The molecule has 2 amide bonds. The van der Waals surface area contributed by atoms with Gasteiger partial charge in [0, 0.05) is 21.9 Å². The fraction of sp³-hybridized carbons (Fsp3) is 0. The van der Waals surface area contributed by atoms with Gasteiger partial charge in [0.2, 0.25) is 0 Å². The molecule has 3 aromatic carbocycles. The maximum absolute atomic E-state index is 12.9. The molecule has 0 spiro atoms. The van der Waals surface area contributed by atoms with Crippen LogP contribution in [-0.2, 0) is 0 Å². The van der Waals surface area contributed by atoms with Crippen LogP contribution in [0.3, 0.4) is 0 Å². The van der Waals surface area contributed by atoms with Gasteiger partial charge in [0.1, 0.15) is 0 Å². The average Bonchev–Trinajstić information content (AvgIpc) is 2.60. The first-order chi connectivity index (χ1) is 11.2. The Balaban J connectivity index is 2.01. The second-order valence-corrected chi connectivity index (χ2v) is 5.31. The van der Waals surface area contributed by atoms with Gasteiger partial charge in [-0.15, -0.1) is 0 Å². The van der Waals surface area contributed by atoms with Crippen LogP contribution in [-0.4, -0.2) is 11.8 Å². The predicted molar refractivity (Wildman–Crippen MR) is 89.3 cm³/mol. The molecule has 1 aliphatic heterocycles. The highest BCUT2D eigenvalue weighted by Crippen LogP contribution is 2.35. The smallest absolute Gasteiger partial charge is 0.265 e. The quantitative estimate of drug-likeness (QED) is 0.433. The molecule has 0 atom stereocenters. The Labute approximate surface area is 132 Å². The molecule has 0 saturated heterocycles. The molecule has 0 aromatic heterocycles. The highest BCUT2D eigenvalue weighted by atomic mass is 16.2. The van der Waals surface area contributed by atoms with E-state index in [1.807, 2.05) is 12.1 Å². The van der Waals surface area contributed by atoms with Crippen molar-refractivity contribution in [3.63, 3.8) is 0 Å². The number of hydrogen-bond acceptors (Lipinski definition) is 4. The van der Waals surface area contributed by atoms with Gasteiger partial charge in [-0.2, -0.15) is 0 Å². The number of hydrazine groups is 1. The highest BCUT2D eigenvalue weighted by molar-refractivity contribution is 6.36. The van der Waals surface area contributed by atoms with Crippen LogP contribution in [0.15, 0.2) is 60.7 Å². The summed E-state index contributed by atoms with van der Waals surface area (Å²) in [6.07, 6.45) is 0. The second kappa shape index (κ2) is 4.93. The van der Waals surface area contributed by atoms with Crippen molar-refractivity contribution in [2.75, 3.05) is 10.3 Å². The number of anilines is 2. The minimum absolute atomic E-state index is 0.325. The number of imide groups is 1. The van der Waals surface area contributed by atoms with E-state index in [-0.39, 0.29) is 11.8 Å². The van der Waals surface area contributed by atoms with E-state index in [0.717, 1.165) is 5.39 Å².